The highest BCUT2D eigenvalue weighted by Gasteiger charge is 1.94. The first-order valence-electron chi connectivity index (χ1n) is 4.87. The van der Waals surface area contributed by atoms with Gasteiger partial charge in [-0.2, -0.15) is 0 Å². The average Bonchev–Trinajstić information content (AvgIpc) is 2.81. The fraction of sp³-hybridized carbons (Fsp3) is 0.250. The van der Waals surface area contributed by atoms with Crippen molar-refractivity contribution in [2.45, 2.75) is 13.8 Å². The van der Waals surface area contributed by atoms with Crippen molar-refractivity contribution in [3.05, 3.63) is 36.0 Å². The number of rotatable bonds is 1. The number of aldehydes is 1. The van der Waals surface area contributed by atoms with Crippen LogP contribution in [0.15, 0.2) is 30.5 Å². The van der Waals surface area contributed by atoms with Gasteiger partial charge < -0.3 is 10.1 Å². The van der Waals surface area contributed by atoms with E-state index in [4.69, 9.17) is 5.11 Å². The Bertz CT molecular complexity index is 393. The third-order valence-corrected chi connectivity index (χ3v) is 1.72. The predicted molar refractivity (Wildman–Crippen MR) is 63.2 cm³/mol. The van der Waals surface area contributed by atoms with Crippen molar-refractivity contribution in [3.8, 4) is 0 Å². The average molecular weight is 207 g/mol. The largest absolute Gasteiger partial charge is 0.400 e. The summed E-state index contributed by atoms with van der Waals surface area (Å²) in [6.45, 7) is 4.00. The molecule has 0 radical (unpaired) electrons. The summed E-state index contributed by atoms with van der Waals surface area (Å²) in [5, 5.41) is 8.13. The molecule has 2 aromatic rings. The van der Waals surface area contributed by atoms with E-state index in [1.807, 2.05) is 44.3 Å². The number of aromatic amines is 1. The van der Waals surface area contributed by atoms with Crippen molar-refractivity contribution in [2.75, 3.05) is 7.11 Å². The number of hydrogen-bond donors (Lipinski definition) is 2. The van der Waals surface area contributed by atoms with Crippen LogP contribution in [0.3, 0.4) is 0 Å². The Labute approximate surface area is 89.7 Å². The van der Waals surface area contributed by atoms with Gasteiger partial charge in [-0.05, 0) is 17.5 Å². The van der Waals surface area contributed by atoms with Crippen LogP contribution in [0, 0.1) is 0 Å². The second-order valence-electron chi connectivity index (χ2n) is 2.44. The highest BCUT2D eigenvalue weighted by Crippen LogP contribution is 2.12. The molecule has 0 aliphatic heterocycles. The van der Waals surface area contributed by atoms with Crippen LogP contribution in [0.4, 0.5) is 0 Å². The van der Waals surface area contributed by atoms with E-state index in [0.29, 0.717) is 5.56 Å². The third kappa shape index (κ3) is 3.56. The molecule has 0 unspecified atom stereocenters. The number of aromatic nitrogens is 1. The fourth-order valence-corrected chi connectivity index (χ4v) is 1.14. The van der Waals surface area contributed by atoms with Gasteiger partial charge in [0.25, 0.3) is 0 Å². The molecule has 15 heavy (non-hydrogen) atoms. The monoisotopic (exact) mass is 207 g/mol. The summed E-state index contributed by atoms with van der Waals surface area (Å²) in [7, 11) is 1.00. The zero-order chi connectivity index (χ0) is 11.7. The number of hydrogen-bond acceptors (Lipinski definition) is 2. The molecule has 0 spiro atoms. The minimum absolute atomic E-state index is 0.708. The van der Waals surface area contributed by atoms with Crippen molar-refractivity contribution in [2.24, 2.45) is 0 Å². The smallest absolute Gasteiger partial charge is 0.150 e. The lowest BCUT2D eigenvalue weighted by Gasteiger charge is -1.89. The Kier molecular flexibility index (Phi) is 6.93. The fourth-order valence-electron chi connectivity index (χ4n) is 1.14. The van der Waals surface area contributed by atoms with Crippen molar-refractivity contribution in [3.63, 3.8) is 0 Å². The van der Waals surface area contributed by atoms with Crippen LogP contribution in [0.2, 0.25) is 0 Å². The van der Waals surface area contributed by atoms with Crippen LogP contribution in [0.25, 0.3) is 10.9 Å². The molecular weight excluding hydrogens is 190 g/mol. The number of carbonyl (C=O) groups is 1. The second-order valence-corrected chi connectivity index (χ2v) is 2.44. The summed E-state index contributed by atoms with van der Waals surface area (Å²) in [6.07, 6.45) is 2.71. The molecule has 2 rings (SSSR count). The van der Waals surface area contributed by atoms with Gasteiger partial charge >= 0.3 is 0 Å². The Morgan fingerprint density at radius 1 is 1.20 bits per heavy atom. The third-order valence-electron chi connectivity index (χ3n) is 1.72. The lowest BCUT2D eigenvalue weighted by molar-refractivity contribution is 0.112. The number of benzene rings is 1. The van der Waals surface area contributed by atoms with E-state index in [2.05, 4.69) is 4.98 Å². The topological polar surface area (TPSA) is 53.1 Å². The number of fused-ring (bicyclic) bond motifs is 1. The van der Waals surface area contributed by atoms with Gasteiger partial charge in [0.15, 0.2) is 0 Å². The first-order chi connectivity index (χ1) is 7.40. The summed E-state index contributed by atoms with van der Waals surface area (Å²) in [4.78, 5) is 13.4. The normalized spacial score (nSPS) is 8.27. The summed E-state index contributed by atoms with van der Waals surface area (Å²) in [6, 6.07) is 7.55. The maximum absolute atomic E-state index is 10.4. The van der Waals surface area contributed by atoms with Gasteiger partial charge in [0.2, 0.25) is 0 Å². The van der Waals surface area contributed by atoms with Crippen LogP contribution in [0.5, 0.6) is 0 Å². The van der Waals surface area contributed by atoms with E-state index in [0.717, 1.165) is 24.3 Å². The molecule has 2 N–H and O–H groups in total. The number of nitrogens with one attached hydrogen (secondary N) is 1. The van der Waals surface area contributed by atoms with E-state index >= 15 is 0 Å². The second kappa shape index (κ2) is 7.76. The lowest BCUT2D eigenvalue weighted by atomic mass is 10.2. The van der Waals surface area contributed by atoms with Crippen LogP contribution in [0.1, 0.15) is 24.2 Å². The van der Waals surface area contributed by atoms with Crippen molar-refractivity contribution in [1.29, 1.82) is 0 Å². The van der Waals surface area contributed by atoms with Crippen molar-refractivity contribution >= 4 is 17.2 Å². The molecular formula is C12H17NO2. The molecule has 0 fully saturated rings. The lowest BCUT2D eigenvalue weighted by Crippen LogP contribution is -1.77. The number of carbonyl (C=O) groups excluding carboxylic acids is 1. The summed E-state index contributed by atoms with van der Waals surface area (Å²) in [5.41, 5.74) is 1.72. The maximum Gasteiger partial charge on any atom is 0.150 e. The summed E-state index contributed by atoms with van der Waals surface area (Å²) in [5.74, 6) is 0. The molecule has 3 heteroatoms. The standard InChI is InChI=1S/C9H7NO.C2H6.CH4O/c11-6-7-1-2-8-3-4-10-9(8)5-7;2*1-2/h1-6,10H;1-2H3;2H,1H3. The molecule has 0 aliphatic rings. The highest BCUT2D eigenvalue weighted by atomic mass is 16.2. The molecule has 3 nitrogen and oxygen atoms in total. The molecule has 0 aliphatic carbocycles. The molecule has 0 saturated heterocycles. The van der Waals surface area contributed by atoms with Gasteiger partial charge in [-0.1, -0.05) is 26.0 Å². The first kappa shape index (κ1) is 13.4. The Balaban J connectivity index is 0.000000442. The van der Waals surface area contributed by atoms with Crippen LogP contribution < -0.4 is 0 Å². The van der Waals surface area contributed by atoms with Crippen molar-refractivity contribution < 1.29 is 9.90 Å². The first-order valence-corrected chi connectivity index (χ1v) is 4.87. The molecule has 1 aromatic carbocycles. The molecule has 1 aromatic heterocycles. The number of aliphatic hydroxyl groups is 1. The SMILES string of the molecule is CC.CO.O=Cc1ccc2cc[nH]c2c1. The van der Waals surface area contributed by atoms with Crippen LogP contribution in [-0.2, 0) is 0 Å². The van der Waals surface area contributed by atoms with Gasteiger partial charge in [-0.25, -0.2) is 0 Å². The van der Waals surface area contributed by atoms with Crippen LogP contribution >= 0.6 is 0 Å². The van der Waals surface area contributed by atoms with E-state index in [9.17, 15) is 4.79 Å². The molecule has 0 saturated carbocycles. The zero-order valence-corrected chi connectivity index (χ0v) is 9.32. The minimum atomic E-state index is 0.708. The molecule has 0 bridgehead atoms. The molecule has 0 atom stereocenters. The van der Waals surface area contributed by atoms with Gasteiger partial charge in [-0.15, -0.1) is 0 Å². The molecule has 82 valence electrons. The van der Waals surface area contributed by atoms with Crippen molar-refractivity contribution in [1.82, 2.24) is 4.98 Å². The number of H-pyrrole nitrogens is 1. The van der Waals surface area contributed by atoms with Gasteiger partial charge in [0.1, 0.15) is 6.29 Å². The maximum atomic E-state index is 10.4. The molecule has 0 amide bonds. The minimum Gasteiger partial charge on any atom is -0.400 e. The van der Waals surface area contributed by atoms with Gasteiger partial charge in [0, 0.05) is 24.4 Å². The predicted octanol–water partition coefficient (Wildman–Crippen LogP) is 2.62. The van der Waals surface area contributed by atoms with Gasteiger partial charge in [-0.3, -0.25) is 4.79 Å². The quantitative estimate of drug-likeness (QED) is 0.706. The summed E-state index contributed by atoms with van der Waals surface area (Å²) >= 11 is 0. The van der Waals surface area contributed by atoms with E-state index < -0.39 is 0 Å². The number of aliphatic hydroxyl groups excluding tert-OH is 1. The Hall–Kier alpha value is -1.61. The van der Waals surface area contributed by atoms with Crippen LogP contribution in [-0.4, -0.2) is 23.5 Å². The van der Waals surface area contributed by atoms with E-state index in [-0.39, 0.29) is 0 Å². The Morgan fingerprint density at radius 2 is 1.87 bits per heavy atom. The molecule has 1 heterocycles. The Morgan fingerprint density at radius 3 is 2.47 bits per heavy atom. The van der Waals surface area contributed by atoms with E-state index in [1.54, 1.807) is 0 Å². The van der Waals surface area contributed by atoms with E-state index in [1.165, 1.54) is 0 Å². The zero-order valence-electron chi connectivity index (χ0n) is 9.32. The van der Waals surface area contributed by atoms with Gasteiger partial charge in [0.05, 0.1) is 0 Å². The highest BCUT2D eigenvalue weighted by molar-refractivity contribution is 5.86. The summed E-state index contributed by atoms with van der Waals surface area (Å²) < 4.78 is 0.